The molecule has 46 heavy (non-hydrogen) atoms. The van der Waals surface area contributed by atoms with Gasteiger partial charge >= 0.3 is 11.9 Å². The number of carbonyl (C=O) groups is 2. The van der Waals surface area contributed by atoms with E-state index in [9.17, 15) is 14.7 Å². The van der Waals surface area contributed by atoms with E-state index in [0.29, 0.717) is 24.7 Å². The van der Waals surface area contributed by atoms with E-state index in [2.05, 4.69) is 54.5 Å². The fraction of sp³-hybridized carbons (Fsp3) is 0.312. The van der Waals surface area contributed by atoms with Gasteiger partial charge in [-0.05, 0) is 68.1 Å². The number of rotatable bonds is 7. The highest BCUT2D eigenvalue weighted by atomic mass is 16.5. The summed E-state index contributed by atoms with van der Waals surface area (Å²) in [5.74, 6) is 11.6. The summed E-state index contributed by atoms with van der Waals surface area (Å²) < 4.78 is 23.3. The third kappa shape index (κ3) is 7.50. The second-order valence-corrected chi connectivity index (χ2v) is 10.7. The minimum absolute atomic E-state index is 0.0815. The Hall–Kier alpha value is -5.70. The Morgan fingerprint density at radius 1 is 0.739 bits per heavy atom. The lowest BCUT2D eigenvalue weighted by molar-refractivity contribution is -0.119. The molecular formula is C32H28N6O8. The zero-order chi connectivity index (χ0) is 31.9. The van der Waals surface area contributed by atoms with Crippen molar-refractivity contribution in [3.63, 3.8) is 0 Å². The first-order chi connectivity index (χ1) is 22.4. The zero-order valence-corrected chi connectivity index (χ0v) is 24.3. The summed E-state index contributed by atoms with van der Waals surface area (Å²) in [6.07, 6.45) is 2.96. The van der Waals surface area contributed by atoms with Crippen molar-refractivity contribution >= 4 is 11.9 Å². The molecule has 4 N–H and O–H groups in total. The number of hydrogen-bond donors (Lipinski definition) is 4. The number of carboxylic acids is 2. The summed E-state index contributed by atoms with van der Waals surface area (Å²) in [5, 5.41) is 37.3. The molecule has 4 heterocycles. The second-order valence-electron chi connectivity index (χ2n) is 10.7. The number of carboxylic acid groups (broad SMARTS) is 2. The van der Waals surface area contributed by atoms with Crippen LogP contribution in [0.15, 0.2) is 48.5 Å². The maximum Gasteiger partial charge on any atom is 0.359 e. The van der Waals surface area contributed by atoms with Crippen LogP contribution in [0, 0.1) is 35.5 Å². The first kappa shape index (κ1) is 30.3. The Morgan fingerprint density at radius 3 is 1.85 bits per heavy atom. The molecule has 2 fully saturated rings. The van der Waals surface area contributed by atoms with Crippen molar-refractivity contribution < 1.29 is 38.7 Å². The Balaban J connectivity index is 1.03. The molecule has 2 aliphatic heterocycles. The smallest absolute Gasteiger partial charge is 0.359 e. The van der Waals surface area contributed by atoms with Gasteiger partial charge in [-0.15, -0.1) is 0 Å². The number of nitrogens with one attached hydrogen (secondary N) is 2. The van der Waals surface area contributed by atoms with E-state index < -0.39 is 11.9 Å². The van der Waals surface area contributed by atoms with Gasteiger partial charge in [-0.1, -0.05) is 50.4 Å². The third-order valence-corrected chi connectivity index (χ3v) is 7.46. The molecule has 0 aliphatic carbocycles. The normalized spacial score (nSPS) is 20.8. The average molecular weight is 625 g/mol. The van der Waals surface area contributed by atoms with E-state index in [-0.39, 0.29) is 47.2 Å². The summed E-state index contributed by atoms with van der Waals surface area (Å²) in [6.45, 7) is 1.18. The van der Waals surface area contributed by atoms with Crippen LogP contribution in [0.4, 0.5) is 0 Å². The minimum Gasteiger partial charge on any atom is -0.476 e. The minimum atomic E-state index is -1.22. The van der Waals surface area contributed by atoms with Crippen molar-refractivity contribution in [2.24, 2.45) is 11.8 Å². The molecule has 0 amide bonds. The molecule has 0 saturated carbocycles. The Labute approximate surface area is 262 Å². The molecule has 0 bridgehead atoms. The van der Waals surface area contributed by atoms with E-state index in [1.807, 2.05) is 6.07 Å². The summed E-state index contributed by atoms with van der Waals surface area (Å²) in [7, 11) is 0. The summed E-state index contributed by atoms with van der Waals surface area (Å²) in [4.78, 5) is 22.5. The summed E-state index contributed by atoms with van der Waals surface area (Å²) >= 11 is 0. The number of hydrogen-bond acceptors (Lipinski definition) is 10. The highest BCUT2D eigenvalue weighted by molar-refractivity contribution is 5.88. The number of ether oxygens (including phenoxy) is 4. The van der Waals surface area contributed by atoms with Gasteiger partial charge in [0.1, 0.15) is 11.5 Å². The summed E-state index contributed by atoms with van der Waals surface area (Å²) in [6, 6.07) is 14.1. The molecule has 4 aromatic rings. The fourth-order valence-electron chi connectivity index (χ4n) is 5.13. The van der Waals surface area contributed by atoms with Crippen LogP contribution in [0.5, 0.6) is 23.3 Å². The van der Waals surface area contributed by atoms with Crippen LogP contribution in [0.2, 0.25) is 0 Å². The van der Waals surface area contributed by atoms with Crippen LogP contribution in [0.1, 0.15) is 57.8 Å². The standard InChI is InChI=1S/C32H28N6O8/c39-31(40)27-29(35-37-33-27)45-23-10-8-19(9-11-23)4-5-21-12-14-43-25(17-21)26-18-22(13-15-44-26)7-6-20-2-1-3-24(16-20)46-30-28(32(41)42)34-38-36-30/h1-3,8-11,16,21-22,25-26H,12-15,17-18H2,(H,39,40)(H,41,42)(H,33,35,37)(H,34,36,38). The molecule has 2 aromatic carbocycles. The quantitative estimate of drug-likeness (QED) is 0.217. The average Bonchev–Trinajstić information content (AvgIpc) is 3.74. The number of H-pyrrole nitrogens is 2. The number of aromatic amines is 2. The van der Waals surface area contributed by atoms with E-state index >= 15 is 0 Å². The number of aromatic nitrogens is 6. The van der Waals surface area contributed by atoms with Gasteiger partial charge in [0.05, 0.1) is 12.2 Å². The monoisotopic (exact) mass is 624 g/mol. The van der Waals surface area contributed by atoms with E-state index in [1.54, 1.807) is 42.5 Å². The van der Waals surface area contributed by atoms with Crippen LogP contribution < -0.4 is 9.47 Å². The fourth-order valence-corrected chi connectivity index (χ4v) is 5.13. The molecular weight excluding hydrogens is 596 g/mol. The molecule has 6 rings (SSSR count). The molecule has 2 aromatic heterocycles. The molecule has 2 aliphatic rings. The highest BCUT2D eigenvalue weighted by Crippen LogP contribution is 2.30. The van der Waals surface area contributed by atoms with Crippen LogP contribution in [0.25, 0.3) is 0 Å². The molecule has 14 nitrogen and oxygen atoms in total. The predicted molar refractivity (Wildman–Crippen MR) is 158 cm³/mol. The lowest BCUT2D eigenvalue weighted by atomic mass is 9.87. The molecule has 14 heteroatoms. The Morgan fingerprint density at radius 2 is 1.28 bits per heavy atom. The van der Waals surface area contributed by atoms with Gasteiger partial charge in [0.15, 0.2) is 0 Å². The van der Waals surface area contributed by atoms with Gasteiger partial charge < -0.3 is 29.2 Å². The lowest BCUT2D eigenvalue weighted by Gasteiger charge is -2.36. The lowest BCUT2D eigenvalue weighted by Crippen LogP contribution is -2.40. The van der Waals surface area contributed by atoms with Gasteiger partial charge in [0, 0.05) is 36.2 Å². The largest absolute Gasteiger partial charge is 0.476 e. The van der Waals surface area contributed by atoms with Crippen molar-refractivity contribution in [2.75, 3.05) is 13.2 Å². The van der Waals surface area contributed by atoms with Gasteiger partial charge in [-0.25, -0.2) is 19.8 Å². The number of benzene rings is 2. The van der Waals surface area contributed by atoms with Crippen LogP contribution in [0.3, 0.4) is 0 Å². The SMILES string of the molecule is O=C(O)c1[nH]nnc1Oc1ccc(C#CC2CCOC(C3CC(C#Cc4cccc(Oc5nn[nH]c5C(=O)O)c4)CCO3)C2)cc1. The van der Waals surface area contributed by atoms with Crippen molar-refractivity contribution in [1.82, 2.24) is 30.8 Å². The predicted octanol–water partition coefficient (Wildman–Crippen LogP) is 3.90. The van der Waals surface area contributed by atoms with Gasteiger partial charge in [0.2, 0.25) is 11.4 Å². The Bertz CT molecular complexity index is 1830. The van der Waals surface area contributed by atoms with Crippen molar-refractivity contribution in [3.8, 4) is 46.9 Å². The topological polar surface area (TPSA) is 195 Å². The van der Waals surface area contributed by atoms with Gasteiger partial charge in [-0.2, -0.15) is 0 Å². The molecule has 4 unspecified atom stereocenters. The van der Waals surface area contributed by atoms with Crippen molar-refractivity contribution in [2.45, 2.75) is 37.9 Å². The highest BCUT2D eigenvalue weighted by Gasteiger charge is 2.33. The van der Waals surface area contributed by atoms with Gasteiger partial charge in [-0.3, -0.25) is 0 Å². The van der Waals surface area contributed by atoms with Crippen LogP contribution in [-0.4, -0.2) is 78.4 Å². The Kier molecular flexibility index (Phi) is 9.19. The first-order valence-corrected chi connectivity index (χ1v) is 14.5. The van der Waals surface area contributed by atoms with E-state index in [1.165, 1.54) is 0 Å². The van der Waals surface area contributed by atoms with E-state index in [0.717, 1.165) is 36.8 Å². The van der Waals surface area contributed by atoms with Crippen LogP contribution >= 0.6 is 0 Å². The molecule has 0 radical (unpaired) electrons. The molecule has 0 spiro atoms. The van der Waals surface area contributed by atoms with Crippen molar-refractivity contribution in [3.05, 3.63) is 71.0 Å². The maximum absolute atomic E-state index is 11.3. The van der Waals surface area contributed by atoms with Gasteiger partial charge in [0.25, 0.3) is 11.8 Å². The second kappa shape index (κ2) is 13.9. The summed E-state index contributed by atoms with van der Waals surface area (Å²) in [5.41, 5.74) is 1.08. The van der Waals surface area contributed by atoms with Crippen LogP contribution in [-0.2, 0) is 9.47 Å². The van der Waals surface area contributed by atoms with E-state index in [4.69, 9.17) is 24.1 Å². The number of aromatic carboxylic acids is 2. The maximum atomic E-state index is 11.3. The molecule has 4 atom stereocenters. The third-order valence-electron chi connectivity index (χ3n) is 7.46. The molecule has 2 saturated heterocycles. The van der Waals surface area contributed by atoms with Crippen molar-refractivity contribution in [1.29, 1.82) is 0 Å². The molecule has 234 valence electrons. The number of nitrogens with zero attached hydrogens (tertiary/aromatic N) is 4. The first-order valence-electron chi connectivity index (χ1n) is 14.5. The zero-order valence-electron chi connectivity index (χ0n) is 24.3.